The monoisotopic (exact) mass is 281 g/mol. The van der Waals surface area contributed by atoms with Crippen molar-refractivity contribution < 1.29 is 14.3 Å². The zero-order chi connectivity index (χ0) is 11.5. The average molecular weight is 282 g/mol. The standard InChI is InChI=1S/C11H8BrNO3/c12-10-9(5-6-16-10)11(15)13-7-1-3-8(14)4-2-7/h1-6,14H,(H,13,15). The number of hydrogen-bond acceptors (Lipinski definition) is 3. The summed E-state index contributed by atoms with van der Waals surface area (Å²) in [5.41, 5.74) is 1.03. The van der Waals surface area contributed by atoms with Gasteiger partial charge in [0.1, 0.15) is 5.75 Å². The minimum atomic E-state index is -0.272. The molecule has 0 unspecified atom stereocenters. The van der Waals surface area contributed by atoms with E-state index in [2.05, 4.69) is 21.2 Å². The number of nitrogens with one attached hydrogen (secondary N) is 1. The number of furan rings is 1. The van der Waals surface area contributed by atoms with Gasteiger partial charge in [-0.05, 0) is 46.3 Å². The van der Waals surface area contributed by atoms with Gasteiger partial charge in [0.15, 0.2) is 4.67 Å². The fourth-order valence-corrected chi connectivity index (χ4v) is 1.62. The molecule has 2 rings (SSSR count). The molecule has 1 amide bonds. The minimum Gasteiger partial charge on any atom is -0.508 e. The molecular formula is C11H8BrNO3. The topological polar surface area (TPSA) is 62.5 Å². The maximum absolute atomic E-state index is 11.7. The summed E-state index contributed by atoms with van der Waals surface area (Å²) in [6, 6.07) is 7.79. The summed E-state index contributed by atoms with van der Waals surface area (Å²) in [4.78, 5) is 11.7. The Labute approximate surface area is 100 Å². The Morgan fingerprint density at radius 2 is 1.94 bits per heavy atom. The van der Waals surface area contributed by atoms with Gasteiger partial charge >= 0.3 is 0 Å². The van der Waals surface area contributed by atoms with Gasteiger partial charge in [-0.25, -0.2) is 0 Å². The first-order chi connectivity index (χ1) is 7.66. The molecule has 0 bridgehead atoms. The van der Waals surface area contributed by atoms with Gasteiger partial charge in [0.25, 0.3) is 5.91 Å². The summed E-state index contributed by atoms with van der Waals surface area (Å²) in [6.07, 6.45) is 1.43. The Morgan fingerprint density at radius 3 is 2.50 bits per heavy atom. The lowest BCUT2D eigenvalue weighted by molar-refractivity contribution is 0.102. The van der Waals surface area contributed by atoms with Gasteiger partial charge in [0.05, 0.1) is 11.8 Å². The van der Waals surface area contributed by atoms with Gasteiger partial charge in [0.2, 0.25) is 0 Å². The van der Waals surface area contributed by atoms with E-state index in [-0.39, 0.29) is 11.7 Å². The van der Waals surface area contributed by atoms with Crippen LogP contribution in [0.3, 0.4) is 0 Å². The Balaban J connectivity index is 2.14. The minimum absolute atomic E-state index is 0.155. The Kier molecular flexibility index (Phi) is 2.96. The molecule has 0 radical (unpaired) electrons. The molecule has 2 aromatic rings. The number of halogens is 1. The predicted molar refractivity (Wildman–Crippen MR) is 62.5 cm³/mol. The van der Waals surface area contributed by atoms with Crippen molar-refractivity contribution in [3.05, 3.63) is 46.8 Å². The van der Waals surface area contributed by atoms with Crippen molar-refractivity contribution in [3.63, 3.8) is 0 Å². The van der Waals surface area contributed by atoms with Crippen LogP contribution >= 0.6 is 15.9 Å². The number of phenolic OH excluding ortho intramolecular Hbond substituents is 1. The van der Waals surface area contributed by atoms with Crippen LogP contribution in [0.4, 0.5) is 5.69 Å². The van der Waals surface area contributed by atoms with Crippen molar-refractivity contribution in [2.45, 2.75) is 0 Å². The lowest BCUT2D eigenvalue weighted by atomic mass is 10.2. The molecule has 1 aromatic carbocycles. The van der Waals surface area contributed by atoms with Crippen molar-refractivity contribution in [1.82, 2.24) is 0 Å². The third-order valence-electron chi connectivity index (χ3n) is 1.99. The zero-order valence-electron chi connectivity index (χ0n) is 8.11. The number of benzene rings is 1. The fraction of sp³-hybridized carbons (Fsp3) is 0. The van der Waals surface area contributed by atoms with Gasteiger partial charge in [-0.15, -0.1) is 0 Å². The summed E-state index contributed by atoms with van der Waals surface area (Å²) in [7, 11) is 0. The van der Waals surface area contributed by atoms with Crippen LogP contribution in [0.15, 0.2) is 45.7 Å². The first kappa shape index (κ1) is 10.8. The summed E-state index contributed by atoms with van der Waals surface area (Å²) in [6.45, 7) is 0. The van der Waals surface area contributed by atoms with Crippen molar-refractivity contribution >= 4 is 27.5 Å². The van der Waals surface area contributed by atoms with E-state index in [0.29, 0.717) is 15.9 Å². The molecule has 0 saturated heterocycles. The van der Waals surface area contributed by atoms with E-state index in [4.69, 9.17) is 9.52 Å². The summed E-state index contributed by atoms with van der Waals surface area (Å²) >= 11 is 3.12. The fourth-order valence-electron chi connectivity index (χ4n) is 1.20. The van der Waals surface area contributed by atoms with E-state index in [1.54, 1.807) is 18.2 Å². The molecule has 82 valence electrons. The number of hydrogen-bond donors (Lipinski definition) is 2. The van der Waals surface area contributed by atoms with Crippen LogP contribution < -0.4 is 5.32 Å². The smallest absolute Gasteiger partial charge is 0.260 e. The number of carbonyl (C=O) groups excluding carboxylic acids is 1. The van der Waals surface area contributed by atoms with Crippen molar-refractivity contribution in [2.75, 3.05) is 5.32 Å². The molecule has 16 heavy (non-hydrogen) atoms. The molecule has 1 heterocycles. The Morgan fingerprint density at radius 1 is 1.25 bits per heavy atom. The van der Waals surface area contributed by atoms with Crippen LogP contribution in [0.2, 0.25) is 0 Å². The van der Waals surface area contributed by atoms with Crippen molar-refractivity contribution in [3.8, 4) is 5.75 Å². The Hall–Kier alpha value is -1.75. The highest BCUT2D eigenvalue weighted by Crippen LogP contribution is 2.20. The van der Waals surface area contributed by atoms with Gasteiger partial charge in [-0.3, -0.25) is 4.79 Å². The lowest BCUT2D eigenvalue weighted by Crippen LogP contribution is -2.11. The van der Waals surface area contributed by atoms with E-state index < -0.39 is 0 Å². The van der Waals surface area contributed by atoms with Crippen LogP contribution in [-0.2, 0) is 0 Å². The number of carbonyl (C=O) groups is 1. The van der Waals surface area contributed by atoms with Crippen LogP contribution in [0.5, 0.6) is 5.75 Å². The summed E-state index contributed by atoms with van der Waals surface area (Å²) in [5.74, 6) is -0.117. The quantitative estimate of drug-likeness (QED) is 0.832. The highest BCUT2D eigenvalue weighted by Gasteiger charge is 2.12. The van der Waals surface area contributed by atoms with E-state index in [1.807, 2.05) is 0 Å². The van der Waals surface area contributed by atoms with Gasteiger partial charge < -0.3 is 14.8 Å². The molecule has 0 aliphatic rings. The number of rotatable bonds is 2. The molecule has 0 saturated carbocycles. The average Bonchev–Trinajstić information content (AvgIpc) is 2.68. The molecule has 0 aliphatic carbocycles. The lowest BCUT2D eigenvalue weighted by Gasteiger charge is -2.03. The van der Waals surface area contributed by atoms with E-state index >= 15 is 0 Å². The van der Waals surface area contributed by atoms with Crippen molar-refractivity contribution in [2.24, 2.45) is 0 Å². The first-order valence-electron chi connectivity index (χ1n) is 4.50. The highest BCUT2D eigenvalue weighted by atomic mass is 79.9. The predicted octanol–water partition coefficient (Wildman–Crippen LogP) is 3.00. The second-order valence-electron chi connectivity index (χ2n) is 3.11. The Bertz CT molecular complexity index is 504. The maximum atomic E-state index is 11.7. The SMILES string of the molecule is O=C(Nc1ccc(O)cc1)c1ccoc1Br. The number of anilines is 1. The molecule has 0 spiro atoms. The molecule has 4 nitrogen and oxygen atoms in total. The van der Waals surface area contributed by atoms with Crippen LogP contribution in [-0.4, -0.2) is 11.0 Å². The zero-order valence-corrected chi connectivity index (χ0v) is 9.69. The second-order valence-corrected chi connectivity index (χ2v) is 3.83. The molecule has 5 heteroatoms. The third-order valence-corrected chi connectivity index (χ3v) is 2.60. The van der Waals surface area contributed by atoms with Crippen molar-refractivity contribution in [1.29, 1.82) is 0 Å². The highest BCUT2D eigenvalue weighted by molar-refractivity contribution is 9.10. The molecule has 0 fully saturated rings. The molecule has 0 atom stereocenters. The maximum Gasteiger partial charge on any atom is 0.260 e. The number of amides is 1. The largest absolute Gasteiger partial charge is 0.508 e. The number of phenols is 1. The molecule has 2 N–H and O–H groups in total. The normalized spacial score (nSPS) is 10.1. The van der Waals surface area contributed by atoms with Crippen LogP contribution in [0.1, 0.15) is 10.4 Å². The van der Waals surface area contributed by atoms with Gasteiger partial charge in [0, 0.05) is 5.69 Å². The number of aromatic hydroxyl groups is 1. The van der Waals surface area contributed by atoms with Gasteiger partial charge in [-0.1, -0.05) is 0 Å². The summed E-state index contributed by atoms with van der Waals surface area (Å²) < 4.78 is 5.35. The third kappa shape index (κ3) is 2.25. The summed E-state index contributed by atoms with van der Waals surface area (Å²) in [5, 5.41) is 11.8. The molecule has 1 aromatic heterocycles. The van der Waals surface area contributed by atoms with E-state index in [1.165, 1.54) is 18.4 Å². The van der Waals surface area contributed by atoms with Gasteiger partial charge in [-0.2, -0.15) is 0 Å². The first-order valence-corrected chi connectivity index (χ1v) is 5.29. The van der Waals surface area contributed by atoms with E-state index in [0.717, 1.165) is 0 Å². The molecular weight excluding hydrogens is 274 g/mol. The second kappa shape index (κ2) is 4.40. The van der Waals surface area contributed by atoms with Crippen LogP contribution in [0.25, 0.3) is 0 Å². The van der Waals surface area contributed by atoms with E-state index in [9.17, 15) is 4.79 Å². The van der Waals surface area contributed by atoms with Crippen LogP contribution in [0, 0.1) is 0 Å². The molecule has 0 aliphatic heterocycles.